The van der Waals surface area contributed by atoms with Crippen molar-refractivity contribution in [1.82, 2.24) is 0 Å². The minimum Gasteiger partial charge on any atom is -0.381 e. The van der Waals surface area contributed by atoms with Gasteiger partial charge in [-0.2, -0.15) is 0 Å². The summed E-state index contributed by atoms with van der Waals surface area (Å²) in [7, 11) is 0. The molecular formula is C19H22BrN3O. The number of para-hydroxylation sites is 2. The molecule has 0 bridgehead atoms. The average molecular weight is 388 g/mol. The minimum atomic E-state index is -0.195. The number of amidine groups is 1. The minimum absolute atomic E-state index is 0.195. The van der Waals surface area contributed by atoms with Gasteiger partial charge >= 0.3 is 0 Å². The number of hydrogen-bond acceptors (Lipinski definition) is 3. The number of benzene rings is 1. The maximum Gasteiger partial charge on any atom is 0.127 e. The molecule has 0 unspecified atom stereocenters. The van der Waals surface area contributed by atoms with Crippen LogP contribution in [-0.4, -0.2) is 31.1 Å². The van der Waals surface area contributed by atoms with Crippen LogP contribution in [0, 0.1) is 0 Å². The Labute approximate surface area is 151 Å². The first-order chi connectivity index (χ1) is 11.6. The third kappa shape index (κ3) is 3.47. The fourth-order valence-electron chi connectivity index (χ4n) is 3.07. The van der Waals surface area contributed by atoms with Crippen LogP contribution in [0.1, 0.15) is 12.8 Å². The van der Waals surface area contributed by atoms with Crippen molar-refractivity contribution in [1.29, 1.82) is 0 Å². The molecule has 1 saturated heterocycles. The normalized spacial score (nSPS) is 20.9. The Morgan fingerprint density at radius 2 is 2.00 bits per heavy atom. The molecule has 5 heteroatoms. The Balaban J connectivity index is 1.93. The molecule has 3 rings (SSSR count). The van der Waals surface area contributed by atoms with Gasteiger partial charge in [0.25, 0.3) is 0 Å². The topological polar surface area (TPSA) is 45.7 Å². The molecule has 0 amide bonds. The fraction of sp³-hybridized carbons (Fsp3) is 0.316. The van der Waals surface area contributed by atoms with E-state index in [9.17, 15) is 0 Å². The van der Waals surface area contributed by atoms with E-state index >= 15 is 0 Å². The van der Waals surface area contributed by atoms with Crippen molar-refractivity contribution in [2.75, 3.05) is 30.4 Å². The van der Waals surface area contributed by atoms with Gasteiger partial charge in [-0.3, -0.25) is 4.99 Å². The average Bonchev–Trinajstić information content (AvgIpc) is 2.59. The van der Waals surface area contributed by atoms with Crippen LogP contribution in [0.25, 0.3) is 0 Å². The van der Waals surface area contributed by atoms with Crippen molar-refractivity contribution in [3.8, 4) is 0 Å². The molecule has 2 heterocycles. The molecule has 1 aromatic rings. The molecule has 0 aliphatic carbocycles. The highest BCUT2D eigenvalue weighted by Gasteiger charge is 2.41. The summed E-state index contributed by atoms with van der Waals surface area (Å²) in [4.78, 5) is 4.88. The first-order valence-electron chi connectivity index (χ1n) is 8.08. The van der Waals surface area contributed by atoms with Crippen molar-refractivity contribution in [3.05, 3.63) is 59.6 Å². The third-order valence-corrected chi connectivity index (χ3v) is 4.94. The molecule has 0 saturated carbocycles. The number of nitrogens with one attached hydrogen (secondary N) is 2. The van der Waals surface area contributed by atoms with Gasteiger partial charge in [-0.1, -0.05) is 53.4 Å². The van der Waals surface area contributed by atoms with Crippen LogP contribution < -0.4 is 10.6 Å². The molecule has 1 aromatic carbocycles. The van der Waals surface area contributed by atoms with E-state index in [1.807, 2.05) is 18.2 Å². The van der Waals surface area contributed by atoms with Gasteiger partial charge in [-0.25, -0.2) is 0 Å². The van der Waals surface area contributed by atoms with E-state index in [-0.39, 0.29) is 5.54 Å². The highest BCUT2D eigenvalue weighted by atomic mass is 79.9. The maximum absolute atomic E-state index is 5.57. The van der Waals surface area contributed by atoms with Gasteiger partial charge in [0.1, 0.15) is 5.84 Å². The van der Waals surface area contributed by atoms with Gasteiger partial charge in [-0.05, 0) is 17.7 Å². The maximum atomic E-state index is 5.57. The molecule has 1 fully saturated rings. The zero-order valence-corrected chi connectivity index (χ0v) is 15.2. The number of anilines is 2. The Morgan fingerprint density at radius 1 is 1.29 bits per heavy atom. The molecule has 126 valence electrons. The molecule has 24 heavy (non-hydrogen) atoms. The van der Waals surface area contributed by atoms with Crippen LogP contribution >= 0.6 is 15.9 Å². The summed E-state index contributed by atoms with van der Waals surface area (Å²) in [6.45, 7) is 9.72. The Bertz CT molecular complexity index is 702. The van der Waals surface area contributed by atoms with Crippen molar-refractivity contribution in [3.63, 3.8) is 0 Å². The van der Waals surface area contributed by atoms with Gasteiger partial charge in [0.05, 0.1) is 23.5 Å². The van der Waals surface area contributed by atoms with E-state index in [1.165, 1.54) is 0 Å². The van der Waals surface area contributed by atoms with Crippen LogP contribution in [0.15, 0.2) is 64.6 Å². The van der Waals surface area contributed by atoms with Gasteiger partial charge in [0, 0.05) is 30.5 Å². The summed E-state index contributed by atoms with van der Waals surface area (Å²) in [6.07, 6.45) is 5.47. The molecule has 4 nitrogen and oxygen atoms in total. The quantitative estimate of drug-likeness (QED) is 0.747. The van der Waals surface area contributed by atoms with E-state index in [0.29, 0.717) is 6.54 Å². The molecular weight excluding hydrogens is 366 g/mol. The highest BCUT2D eigenvalue weighted by Crippen LogP contribution is 2.36. The van der Waals surface area contributed by atoms with E-state index < -0.39 is 0 Å². The van der Waals surface area contributed by atoms with E-state index in [4.69, 9.17) is 9.73 Å². The second-order valence-electron chi connectivity index (χ2n) is 5.99. The first-order valence-corrected chi connectivity index (χ1v) is 8.87. The van der Waals surface area contributed by atoms with Crippen LogP contribution in [0.3, 0.4) is 0 Å². The fourth-order valence-corrected chi connectivity index (χ4v) is 3.33. The highest BCUT2D eigenvalue weighted by molar-refractivity contribution is 9.11. The Kier molecular flexibility index (Phi) is 5.21. The van der Waals surface area contributed by atoms with Gasteiger partial charge in [0.15, 0.2) is 0 Å². The SMILES string of the molecule is C=C/C=C(/CN=C1Nc2ccccc2NC12CCOCC2)C(=C)Br. The smallest absolute Gasteiger partial charge is 0.127 e. The number of ether oxygens (including phenoxy) is 1. The van der Waals surface area contributed by atoms with Crippen molar-refractivity contribution in [2.45, 2.75) is 18.4 Å². The molecule has 1 spiro atoms. The summed E-state index contributed by atoms with van der Waals surface area (Å²) in [5, 5.41) is 7.23. The molecule has 2 aliphatic heterocycles. The van der Waals surface area contributed by atoms with E-state index in [2.05, 4.69) is 51.9 Å². The second kappa shape index (κ2) is 7.36. The van der Waals surface area contributed by atoms with Crippen LogP contribution in [0.4, 0.5) is 11.4 Å². The lowest BCUT2D eigenvalue weighted by Gasteiger charge is -2.43. The Hall–Kier alpha value is -1.85. The number of allylic oxidation sites excluding steroid dienone is 2. The summed E-state index contributed by atoms with van der Waals surface area (Å²) in [6, 6.07) is 8.23. The third-order valence-electron chi connectivity index (χ3n) is 4.43. The van der Waals surface area contributed by atoms with Crippen molar-refractivity contribution >= 4 is 33.1 Å². The van der Waals surface area contributed by atoms with E-state index in [0.717, 1.165) is 53.3 Å². The van der Waals surface area contributed by atoms with Crippen molar-refractivity contribution < 1.29 is 4.74 Å². The van der Waals surface area contributed by atoms with Crippen LogP contribution in [0.2, 0.25) is 0 Å². The van der Waals surface area contributed by atoms with Gasteiger partial charge in [-0.15, -0.1) is 0 Å². The summed E-state index contributed by atoms with van der Waals surface area (Å²) in [5.41, 5.74) is 2.99. The lowest BCUT2D eigenvalue weighted by Crippen LogP contribution is -2.55. The number of hydrogen-bond donors (Lipinski definition) is 2. The number of aliphatic imine (C=N–C) groups is 1. The zero-order chi connectivity index (χ0) is 17.0. The van der Waals surface area contributed by atoms with Crippen LogP contribution in [0.5, 0.6) is 0 Å². The van der Waals surface area contributed by atoms with E-state index in [1.54, 1.807) is 6.08 Å². The first kappa shape index (κ1) is 17.0. The van der Waals surface area contributed by atoms with Crippen molar-refractivity contribution in [2.24, 2.45) is 4.99 Å². The van der Waals surface area contributed by atoms with Gasteiger partial charge < -0.3 is 15.4 Å². The van der Waals surface area contributed by atoms with Gasteiger partial charge in [0.2, 0.25) is 0 Å². The number of rotatable bonds is 4. The largest absolute Gasteiger partial charge is 0.381 e. The Morgan fingerprint density at radius 3 is 2.67 bits per heavy atom. The lowest BCUT2D eigenvalue weighted by atomic mass is 9.86. The number of fused-ring (bicyclic) bond motifs is 1. The standard InChI is InChI=1S/C19H22BrN3O/c1-3-6-15(14(2)20)13-21-18-19(9-11-24-12-10-19)23-17-8-5-4-7-16(17)22-18/h3-8,23H,1-2,9-13H2,(H,21,22)/b15-6-. The second-order valence-corrected chi connectivity index (χ2v) is 6.94. The van der Waals surface area contributed by atoms with Crippen LogP contribution in [-0.2, 0) is 4.74 Å². The number of nitrogens with zero attached hydrogens (tertiary/aromatic N) is 1. The molecule has 0 atom stereocenters. The predicted octanol–water partition coefficient (Wildman–Crippen LogP) is 4.49. The summed E-state index contributed by atoms with van der Waals surface area (Å²) in [5.74, 6) is 0.966. The molecule has 2 aliphatic rings. The summed E-state index contributed by atoms with van der Waals surface area (Å²) < 4.78 is 6.40. The molecule has 0 radical (unpaired) electrons. The number of halogens is 1. The molecule has 0 aromatic heterocycles. The zero-order valence-electron chi connectivity index (χ0n) is 13.6. The summed E-state index contributed by atoms with van der Waals surface area (Å²) >= 11 is 3.44. The predicted molar refractivity (Wildman–Crippen MR) is 105 cm³/mol. The molecule has 2 N–H and O–H groups in total. The monoisotopic (exact) mass is 387 g/mol. The lowest BCUT2D eigenvalue weighted by molar-refractivity contribution is 0.0778.